The predicted octanol–water partition coefficient (Wildman–Crippen LogP) is 4.95. The first-order valence-corrected chi connectivity index (χ1v) is 10.2. The lowest BCUT2D eigenvalue weighted by Gasteiger charge is -2.08. The number of aryl methyl sites for hydroxylation is 2. The Morgan fingerprint density at radius 3 is 2.47 bits per heavy atom. The van der Waals surface area contributed by atoms with E-state index >= 15 is 0 Å². The predicted molar refractivity (Wildman–Crippen MR) is 117 cm³/mol. The molecule has 0 bridgehead atoms. The molecule has 1 amide bonds. The molecule has 0 aliphatic carbocycles. The molecule has 2 heterocycles. The molecule has 0 radical (unpaired) electrons. The van der Waals surface area contributed by atoms with Crippen LogP contribution in [0.4, 0.5) is 4.39 Å². The molecule has 1 N–H and O–H groups in total. The average Bonchev–Trinajstić information content (AvgIpc) is 3.15. The summed E-state index contributed by atoms with van der Waals surface area (Å²) in [7, 11) is 0. The van der Waals surface area contributed by atoms with E-state index in [1.807, 2.05) is 28.8 Å². The highest BCUT2D eigenvalue weighted by atomic mass is 19.1. The van der Waals surface area contributed by atoms with E-state index in [1.54, 1.807) is 12.1 Å². The van der Waals surface area contributed by atoms with Gasteiger partial charge in [-0.05, 0) is 60.4 Å². The molecule has 4 rings (SSSR count). The van der Waals surface area contributed by atoms with E-state index in [1.165, 1.54) is 17.7 Å². The van der Waals surface area contributed by atoms with Crippen molar-refractivity contribution in [1.82, 2.24) is 14.7 Å². The summed E-state index contributed by atoms with van der Waals surface area (Å²) in [6.07, 6.45) is 3.84. The van der Waals surface area contributed by atoms with Gasteiger partial charge in [0.05, 0.1) is 11.4 Å². The number of halogens is 1. The van der Waals surface area contributed by atoms with Gasteiger partial charge in [0.15, 0.2) is 0 Å². The van der Waals surface area contributed by atoms with Crippen LogP contribution in [0.5, 0.6) is 0 Å². The van der Waals surface area contributed by atoms with Gasteiger partial charge in [-0.3, -0.25) is 4.79 Å². The molecule has 4 aromatic rings. The van der Waals surface area contributed by atoms with E-state index < -0.39 is 0 Å². The molecular formula is C25H24FN3O. The average molecular weight is 401 g/mol. The topological polar surface area (TPSA) is 46.4 Å². The number of hydrogen-bond acceptors (Lipinski definition) is 2. The lowest BCUT2D eigenvalue weighted by atomic mass is 10.1. The highest BCUT2D eigenvalue weighted by Gasteiger charge is 2.15. The monoisotopic (exact) mass is 401 g/mol. The van der Waals surface area contributed by atoms with Crippen LogP contribution in [0, 0.1) is 5.82 Å². The van der Waals surface area contributed by atoms with Crippen LogP contribution in [0.15, 0.2) is 72.9 Å². The smallest absolute Gasteiger partial charge is 0.220 e. The Morgan fingerprint density at radius 2 is 1.73 bits per heavy atom. The van der Waals surface area contributed by atoms with E-state index in [0.29, 0.717) is 19.4 Å². The van der Waals surface area contributed by atoms with Crippen molar-refractivity contribution in [3.8, 4) is 11.3 Å². The van der Waals surface area contributed by atoms with Crippen LogP contribution in [0.1, 0.15) is 30.2 Å². The summed E-state index contributed by atoms with van der Waals surface area (Å²) in [6, 6.07) is 20.4. The minimum absolute atomic E-state index is 0.00879. The van der Waals surface area contributed by atoms with Gasteiger partial charge >= 0.3 is 0 Å². The summed E-state index contributed by atoms with van der Waals surface area (Å²) < 4.78 is 15.3. The first kappa shape index (κ1) is 19.8. The minimum Gasteiger partial charge on any atom is -0.352 e. The Kier molecular flexibility index (Phi) is 5.89. The lowest BCUT2D eigenvalue weighted by molar-refractivity contribution is -0.121. The van der Waals surface area contributed by atoms with Gasteiger partial charge in [0, 0.05) is 24.7 Å². The molecule has 152 valence electrons. The molecule has 5 heteroatoms. The number of pyridine rings is 1. The van der Waals surface area contributed by atoms with Crippen molar-refractivity contribution >= 4 is 11.6 Å². The second-order valence-electron chi connectivity index (χ2n) is 7.29. The van der Waals surface area contributed by atoms with Gasteiger partial charge in [0.2, 0.25) is 5.91 Å². The van der Waals surface area contributed by atoms with Crippen molar-refractivity contribution in [3.63, 3.8) is 0 Å². The zero-order chi connectivity index (χ0) is 20.9. The Morgan fingerprint density at radius 1 is 1.00 bits per heavy atom. The van der Waals surface area contributed by atoms with Gasteiger partial charge in [-0.1, -0.05) is 37.3 Å². The van der Waals surface area contributed by atoms with Crippen LogP contribution < -0.4 is 5.32 Å². The van der Waals surface area contributed by atoms with Crippen LogP contribution in [-0.2, 0) is 24.2 Å². The van der Waals surface area contributed by atoms with Crippen molar-refractivity contribution in [3.05, 3.63) is 95.6 Å². The maximum atomic E-state index is 13.3. The summed E-state index contributed by atoms with van der Waals surface area (Å²) in [5.41, 5.74) is 5.74. The van der Waals surface area contributed by atoms with Crippen molar-refractivity contribution in [2.24, 2.45) is 0 Å². The summed E-state index contributed by atoms with van der Waals surface area (Å²) in [5, 5.41) is 3.00. The van der Waals surface area contributed by atoms with Crippen LogP contribution in [-0.4, -0.2) is 15.3 Å². The standard InChI is InChI=1S/C25H24FN3O/c1-2-18-6-8-19(9-7-18)17-27-24(30)15-14-22-25(20-10-12-21(26)13-11-20)28-23-5-3-4-16-29(22)23/h3-13,16H,2,14-15,17H2,1H3,(H,27,30). The number of imidazole rings is 1. The van der Waals surface area contributed by atoms with E-state index in [-0.39, 0.29) is 11.7 Å². The molecule has 30 heavy (non-hydrogen) atoms. The Labute approximate surface area is 175 Å². The van der Waals surface area contributed by atoms with E-state index in [4.69, 9.17) is 4.98 Å². The molecule has 0 saturated heterocycles. The summed E-state index contributed by atoms with van der Waals surface area (Å²) in [6.45, 7) is 2.64. The third kappa shape index (κ3) is 4.40. The summed E-state index contributed by atoms with van der Waals surface area (Å²) in [5.74, 6) is -0.291. The largest absolute Gasteiger partial charge is 0.352 e. The molecule has 0 atom stereocenters. The van der Waals surface area contributed by atoms with Gasteiger partial charge in [-0.15, -0.1) is 0 Å². The van der Waals surface area contributed by atoms with Gasteiger partial charge < -0.3 is 9.72 Å². The fourth-order valence-corrected chi connectivity index (χ4v) is 3.54. The number of hydrogen-bond donors (Lipinski definition) is 1. The number of carbonyl (C=O) groups is 1. The number of amides is 1. The van der Waals surface area contributed by atoms with E-state index in [0.717, 1.165) is 34.6 Å². The number of fused-ring (bicyclic) bond motifs is 1. The van der Waals surface area contributed by atoms with Crippen LogP contribution in [0.3, 0.4) is 0 Å². The van der Waals surface area contributed by atoms with Crippen molar-refractivity contribution in [1.29, 1.82) is 0 Å². The van der Waals surface area contributed by atoms with E-state index in [9.17, 15) is 9.18 Å². The fraction of sp³-hybridized carbons (Fsp3) is 0.200. The maximum absolute atomic E-state index is 13.3. The molecule has 0 aliphatic rings. The molecule has 0 spiro atoms. The second-order valence-corrected chi connectivity index (χ2v) is 7.29. The zero-order valence-corrected chi connectivity index (χ0v) is 16.9. The number of benzene rings is 2. The van der Waals surface area contributed by atoms with Crippen LogP contribution in [0.2, 0.25) is 0 Å². The summed E-state index contributed by atoms with van der Waals surface area (Å²) >= 11 is 0. The Hall–Kier alpha value is -3.47. The molecule has 0 saturated carbocycles. The normalized spacial score (nSPS) is 11.0. The molecule has 2 aromatic heterocycles. The number of nitrogens with one attached hydrogen (secondary N) is 1. The number of aromatic nitrogens is 2. The van der Waals surface area contributed by atoms with Crippen molar-refractivity contribution in [2.45, 2.75) is 32.7 Å². The van der Waals surface area contributed by atoms with Crippen LogP contribution in [0.25, 0.3) is 16.9 Å². The van der Waals surface area contributed by atoms with E-state index in [2.05, 4.69) is 36.5 Å². The van der Waals surface area contributed by atoms with Gasteiger partial charge in [-0.2, -0.15) is 0 Å². The quantitative estimate of drug-likeness (QED) is 0.476. The first-order valence-electron chi connectivity index (χ1n) is 10.2. The Bertz CT molecular complexity index is 1150. The highest BCUT2D eigenvalue weighted by Crippen LogP contribution is 2.26. The number of rotatable bonds is 7. The molecule has 4 nitrogen and oxygen atoms in total. The first-order chi connectivity index (χ1) is 14.6. The highest BCUT2D eigenvalue weighted by molar-refractivity contribution is 5.77. The molecule has 2 aromatic carbocycles. The maximum Gasteiger partial charge on any atom is 0.220 e. The van der Waals surface area contributed by atoms with Gasteiger partial charge in [0.1, 0.15) is 11.5 Å². The van der Waals surface area contributed by atoms with Gasteiger partial charge in [-0.25, -0.2) is 9.37 Å². The minimum atomic E-state index is -0.282. The number of carbonyl (C=O) groups excluding carboxylic acids is 1. The van der Waals surface area contributed by atoms with Crippen LogP contribution >= 0.6 is 0 Å². The van der Waals surface area contributed by atoms with Crippen molar-refractivity contribution < 1.29 is 9.18 Å². The molecule has 0 fully saturated rings. The Balaban J connectivity index is 1.48. The molecular weight excluding hydrogens is 377 g/mol. The molecule has 0 unspecified atom stereocenters. The zero-order valence-electron chi connectivity index (χ0n) is 16.9. The third-order valence-electron chi connectivity index (χ3n) is 5.26. The molecule has 0 aliphatic heterocycles. The lowest BCUT2D eigenvalue weighted by Crippen LogP contribution is -2.23. The fourth-order valence-electron chi connectivity index (χ4n) is 3.54. The van der Waals surface area contributed by atoms with Crippen molar-refractivity contribution in [2.75, 3.05) is 0 Å². The SMILES string of the molecule is CCc1ccc(CNC(=O)CCc2c(-c3ccc(F)cc3)nc3ccccn23)cc1. The van der Waals surface area contributed by atoms with Gasteiger partial charge in [0.25, 0.3) is 0 Å². The number of nitrogens with zero attached hydrogens (tertiary/aromatic N) is 2. The third-order valence-corrected chi connectivity index (χ3v) is 5.26. The summed E-state index contributed by atoms with van der Waals surface area (Å²) in [4.78, 5) is 17.2. The second kappa shape index (κ2) is 8.91.